The molecule has 0 unspecified atom stereocenters. The van der Waals surface area contributed by atoms with E-state index in [1.54, 1.807) is 0 Å². The molecule has 24 heavy (non-hydrogen) atoms. The predicted molar refractivity (Wildman–Crippen MR) is 95.9 cm³/mol. The van der Waals surface area contributed by atoms with Crippen LogP contribution in [0.5, 0.6) is 0 Å². The van der Waals surface area contributed by atoms with Crippen LogP contribution in [0.4, 0.5) is 0 Å². The van der Waals surface area contributed by atoms with Gasteiger partial charge in [-0.3, -0.25) is 0 Å². The summed E-state index contributed by atoms with van der Waals surface area (Å²) in [5, 5.41) is 4.37. The number of nitrogens with zero attached hydrogens (tertiary/aromatic N) is 1. The first-order chi connectivity index (χ1) is 11.7. The second kappa shape index (κ2) is 7.32. The van der Waals surface area contributed by atoms with Crippen LogP contribution in [0.15, 0.2) is 54.6 Å². The molecule has 1 heterocycles. The molecule has 1 aromatic heterocycles. The molecule has 0 aliphatic heterocycles. The number of benzene rings is 2. The lowest BCUT2D eigenvalue weighted by Crippen LogP contribution is -2.18. The number of nitrogens with one attached hydrogen (secondary N) is 1. The first-order valence-electron chi connectivity index (χ1n) is 8.20. The summed E-state index contributed by atoms with van der Waals surface area (Å²) < 4.78 is 7.34. The molecule has 3 aromatic rings. The molecule has 4 nitrogen and oxygen atoms in total. The van der Waals surface area contributed by atoms with Crippen molar-refractivity contribution in [3.05, 3.63) is 71.4 Å². The number of esters is 1. The van der Waals surface area contributed by atoms with Gasteiger partial charge in [0.05, 0.1) is 12.2 Å². The average molecular weight is 322 g/mol. The summed E-state index contributed by atoms with van der Waals surface area (Å²) in [5.74, 6) is -0.259. The van der Waals surface area contributed by atoms with Gasteiger partial charge in [0.2, 0.25) is 0 Å². The highest BCUT2D eigenvalue weighted by Gasteiger charge is 2.21. The summed E-state index contributed by atoms with van der Waals surface area (Å²) in [6.45, 7) is 3.56. The second-order valence-electron chi connectivity index (χ2n) is 5.71. The number of hydrogen-bond acceptors (Lipinski definition) is 3. The molecular formula is C20H22N2O2. The Bertz CT molecular complexity index is 837. The molecule has 0 radical (unpaired) electrons. The van der Waals surface area contributed by atoms with Gasteiger partial charge in [-0.1, -0.05) is 48.5 Å². The fourth-order valence-corrected chi connectivity index (χ4v) is 3.01. The minimum Gasteiger partial charge on any atom is -0.462 e. The van der Waals surface area contributed by atoms with Crippen LogP contribution in [0.1, 0.15) is 28.5 Å². The first kappa shape index (κ1) is 16.3. The SMILES string of the molecule is CCOC(=O)c1c(CNCc2ccccc2)n(C)c2ccccc12. The Hall–Kier alpha value is -2.59. The van der Waals surface area contributed by atoms with E-state index in [-0.39, 0.29) is 5.97 Å². The largest absolute Gasteiger partial charge is 0.462 e. The molecule has 124 valence electrons. The van der Waals surface area contributed by atoms with Crippen LogP contribution in [0.3, 0.4) is 0 Å². The molecule has 2 aromatic carbocycles. The van der Waals surface area contributed by atoms with Crippen molar-refractivity contribution in [1.29, 1.82) is 0 Å². The third-order valence-electron chi connectivity index (χ3n) is 4.17. The maximum absolute atomic E-state index is 12.5. The van der Waals surface area contributed by atoms with Gasteiger partial charge >= 0.3 is 5.97 Å². The predicted octanol–water partition coefficient (Wildman–Crippen LogP) is 3.64. The van der Waals surface area contributed by atoms with Gasteiger partial charge in [0.15, 0.2) is 0 Å². The van der Waals surface area contributed by atoms with E-state index in [2.05, 4.69) is 22.0 Å². The highest BCUT2D eigenvalue weighted by atomic mass is 16.5. The monoisotopic (exact) mass is 322 g/mol. The second-order valence-corrected chi connectivity index (χ2v) is 5.71. The van der Waals surface area contributed by atoms with Crippen LogP contribution < -0.4 is 5.32 Å². The Balaban J connectivity index is 1.89. The van der Waals surface area contributed by atoms with Crippen molar-refractivity contribution in [3.8, 4) is 0 Å². The fraction of sp³-hybridized carbons (Fsp3) is 0.250. The number of carbonyl (C=O) groups excluding carboxylic acids is 1. The number of rotatable bonds is 6. The Morgan fingerprint density at radius 2 is 1.75 bits per heavy atom. The lowest BCUT2D eigenvalue weighted by Gasteiger charge is -2.09. The molecule has 0 saturated carbocycles. The van der Waals surface area contributed by atoms with Gasteiger partial charge in [0.1, 0.15) is 0 Å². The standard InChI is InChI=1S/C20H22N2O2/c1-3-24-20(23)19-16-11-7-8-12-17(16)22(2)18(19)14-21-13-15-9-5-4-6-10-15/h4-12,21H,3,13-14H2,1-2H3. The zero-order chi connectivity index (χ0) is 16.9. The number of ether oxygens (including phenoxy) is 1. The number of aryl methyl sites for hydroxylation is 1. The lowest BCUT2D eigenvalue weighted by atomic mass is 10.1. The van der Waals surface area contributed by atoms with Gasteiger partial charge in [-0.2, -0.15) is 0 Å². The van der Waals surface area contributed by atoms with E-state index in [1.165, 1.54) is 5.56 Å². The van der Waals surface area contributed by atoms with Crippen LogP contribution >= 0.6 is 0 Å². The van der Waals surface area contributed by atoms with Crippen LogP contribution in [0.2, 0.25) is 0 Å². The van der Waals surface area contributed by atoms with E-state index in [4.69, 9.17) is 4.74 Å². The molecule has 0 spiro atoms. The molecule has 0 amide bonds. The summed E-state index contributed by atoms with van der Waals surface area (Å²) in [6.07, 6.45) is 0. The van der Waals surface area contributed by atoms with Crippen molar-refractivity contribution in [3.63, 3.8) is 0 Å². The van der Waals surface area contributed by atoms with E-state index in [0.29, 0.717) is 18.7 Å². The van der Waals surface area contributed by atoms with E-state index in [9.17, 15) is 4.79 Å². The van der Waals surface area contributed by atoms with Gasteiger partial charge in [0, 0.05) is 36.7 Å². The van der Waals surface area contributed by atoms with Gasteiger partial charge in [-0.15, -0.1) is 0 Å². The van der Waals surface area contributed by atoms with Crippen molar-refractivity contribution >= 4 is 16.9 Å². The maximum atomic E-state index is 12.5. The summed E-state index contributed by atoms with van der Waals surface area (Å²) in [6, 6.07) is 18.2. The maximum Gasteiger partial charge on any atom is 0.340 e. The first-order valence-corrected chi connectivity index (χ1v) is 8.20. The fourth-order valence-electron chi connectivity index (χ4n) is 3.01. The molecule has 0 saturated heterocycles. The van der Waals surface area contributed by atoms with E-state index in [1.807, 2.05) is 56.4 Å². The third-order valence-corrected chi connectivity index (χ3v) is 4.17. The summed E-state index contributed by atoms with van der Waals surface area (Å²) in [4.78, 5) is 12.5. The Labute approximate surface area is 142 Å². The normalized spacial score (nSPS) is 10.9. The van der Waals surface area contributed by atoms with Gasteiger partial charge in [0.25, 0.3) is 0 Å². The van der Waals surface area contributed by atoms with Gasteiger partial charge in [-0.25, -0.2) is 4.79 Å². The molecule has 3 rings (SSSR count). The molecule has 0 aliphatic rings. The van der Waals surface area contributed by atoms with Crippen molar-refractivity contribution < 1.29 is 9.53 Å². The summed E-state index contributed by atoms with van der Waals surface area (Å²) >= 11 is 0. The molecule has 4 heteroatoms. The minimum absolute atomic E-state index is 0.259. The zero-order valence-corrected chi connectivity index (χ0v) is 14.1. The molecule has 1 N–H and O–H groups in total. The Morgan fingerprint density at radius 1 is 1.04 bits per heavy atom. The number of para-hydroxylation sites is 1. The lowest BCUT2D eigenvalue weighted by molar-refractivity contribution is 0.0527. The summed E-state index contributed by atoms with van der Waals surface area (Å²) in [7, 11) is 1.99. The van der Waals surface area contributed by atoms with Crippen LogP contribution in [-0.2, 0) is 24.9 Å². The number of aromatic nitrogens is 1. The molecule has 0 aliphatic carbocycles. The molecule has 0 bridgehead atoms. The molecular weight excluding hydrogens is 300 g/mol. The van der Waals surface area contributed by atoms with Crippen molar-refractivity contribution in [2.24, 2.45) is 7.05 Å². The minimum atomic E-state index is -0.259. The third kappa shape index (κ3) is 3.19. The average Bonchev–Trinajstić information content (AvgIpc) is 2.89. The number of fused-ring (bicyclic) bond motifs is 1. The molecule has 0 atom stereocenters. The highest BCUT2D eigenvalue weighted by Crippen LogP contribution is 2.26. The van der Waals surface area contributed by atoms with Crippen molar-refractivity contribution in [1.82, 2.24) is 9.88 Å². The number of hydrogen-bond donors (Lipinski definition) is 1. The molecule has 0 fully saturated rings. The quantitative estimate of drug-likeness (QED) is 0.705. The van der Waals surface area contributed by atoms with Crippen LogP contribution in [-0.4, -0.2) is 17.1 Å². The van der Waals surface area contributed by atoms with E-state index < -0.39 is 0 Å². The van der Waals surface area contributed by atoms with E-state index in [0.717, 1.165) is 23.1 Å². The topological polar surface area (TPSA) is 43.3 Å². The number of carbonyl (C=O) groups is 1. The summed E-state index contributed by atoms with van der Waals surface area (Å²) in [5.41, 5.74) is 3.87. The Kier molecular flexibility index (Phi) is 4.96. The smallest absolute Gasteiger partial charge is 0.340 e. The Morgan fingerprint density at radius 3 is 2.50 bits per heavy atom. The zero-order valence-electron chi connectivity index (χ0n) is 14.1. The van der Waals surface area contributed by atoms with Gasteiger partial charge < -0.3 is 14.6 Å². The van der Waals surface area contributed by atoms with E-state index >= 15 is 0 Å². The van der Waals surface area contributed by atoms with Gasteiger partial charge in [-0.05, 0) is 18.6 Å². The van der Waals surface area contributed by atoms with Crippen LogP contribution in [0.25, 0.3) is 10.9 Å². The van der Waals surface area contributed by atoms with Crippen LogP contribution in [0, 0.1) is 0 Å². The van der Waals surface area contributed by atoms with Crippen molar-refractivity contribution in [2.45, 2.75) is 20.0 Å². The highest BCUT2D eigenvalue weighted by molar-refractivity contribution is 6.06. The van der Waals surface area contributed by atoms with Crippen molar-refractivity contribution in [2.75, 3.05) is 6.61 Å².